The summed E-state index contributed by atoms with van der Waals surface area (Å²) in [5.41, 5.74) is 3.18. The fourth-order valence-electron chi connectivity index (χ4n) is 1.79. The van der Waals surface area contributed by atoms with E-state index in [0.717, 1.165) is 22.6 Å². The quantitative estimate of drug-likeness (QED) is 0.653. The van der Waals surface area contributed by atoms with Gasteiger partial charge in [0.25, 0.3) is 0 Å². The van der Waals surface area contributed by atoms with Gasteiger partial charge in [-0.05, 0) is 38.8 Å². The Bertz CT molecular complexity index is 133. The lowest BCUT2D eigenvalue weighted by molar-refractivity contribution is 0.966. The van der Waals surface area contributed by atoms with Crippen molar-refractivity contribution < 1.29 is 0 Å². The molecule has 0 aliphatic carbocycles. The molecule has 0 heterocycles. The Morgan fingerprint density at radius 2 is 0.733 bits per heavy atom. The van der Waals surface area contributed by atoms with Gasteiger partial charge in [0.2, 0.25) is 0 Å². The highest BCUT2D eigenvalue weighted by atomic mass is 31.2. The van der Waals surface area contributed by atoms with E-state index >= 15 is 0 Å². The highest BCUT2D eigenvalue weighted by Crippen LogP contribution is 2.54. The smallest absolute Gasteiger partial charge is 0.0130 e. The molecule has 0 aromatic carbocycles. The van der Waals surface area contributed by atoms with Gasteiger partial charge in [0.05, 0.1) is 0 Å². The van der Waals surface area contributed by atoms with Crippen LogP contribution >= 0.6 is 16.1 Å². The highest BCUT2D eigenvalue weighted by Gasteiger charge is 2.24. The van der Waals surface area contributed by atoms with Crippen molar-refractivity contribution in [3.63, 3.8) is 0 Å². The summed E-state index contributed by atoms with van der Waals surface area (Å²) in [4.78, 5) is 3.98. The van der Waals surface area contributed by atoms with Crippen LogP contribution in [0, 0.1) is 0 Å². The van der Waals surface area contributed by atoms with Gasteiger partial charge in [0.1, 0.15) is 0 Å². The molecule has 0 rings (SSSR count). The van der Waals surface area contributed by atoms with Crippen molar-refractivity contribution in [1.82, 2.24) is 4.86 Å². The van der Waals surface area contributed by atoms with Crippen LogP contribution in [-0.4, -0.2) is 22.6 Å². The van der Waals surface area contributed by atoms with E-state index < -0.39 is 0 Å². The van der Waals surface area contributed by atoms with Crippen LogP contribution in [-0.2, 0) is 0 Å². The summed E-state index contributed by atoms with van der Waals surface area (Å²) in [5.74, 6) is 0. The average molecular weight is 249 g/mol. The maximum atomic E-state index is 3.98. The molecule has 0 amide bonds. The third kappa shape index (κ3) is 5.62. The number of hydrogen-bond donors (Lipinski definition) is 1. The molecule has 0 unspecified atom stereocenters. The predicted octanol–water partition coefficient (Wildman–Crippen LogP) is 5.00. The third-order valence-electron chi connectivity index (χ3n) is 2.46. The molecule has 0 aliphatic heterocycles. The summed E-state index contributed by atoms with van der Waals surface area (Å²) in [5, 5.41) is 0. The molecular weight excluding hydrogens is 220 g/mol. The second-order valence-electron chi connectivity index (χ2n) is 5.29. The van der Waals surface area contributed by atoms with Gasteiger partial charge in [-0.15, -0.1) is 0 Å². The largest absolute Gasteiger partial charge is 0.273 e. The lowest BCUT2D eigenvalue weighted by Gasteiger charge is -2.35. The van der Waals surface area contributed by atoms with E-state index in [-0.39, 0.29) is 16.1 Å². The third-order valence-corrected chi connectivity index (χ3v) is 8.75. The maximum absolute atomic E-state index is 3.98. The molecule has 0 aromatic rings. The standard InChI is InChI=1S/C12H29NP2/c1-9(2)14(10(3)4)13-15(11(5)6)12(7)8/h9-13H,1-8H3. The van der Waals surface area contributed by atoms with E-state index in [2.05, 4.69) is 60.2 Å². The van der Waals surface area contributed by atoms with E-state index in [1.54, 1.807) is 0 Å². The Labute approximate surface area is 99.4 Å². The van der Waals surface area contributed by atoms with Crippen LogP contribution in [0.3, 0.4) is 0 Å². The zero-order chi connectivity index (χ0) is 12.2. The topological polar surface area (TPSA) is 12.0 Å². The van der Waals surface area contributed by atoms with Gasteiger partial charge in [-0.1, -0.05) is 55.4 Å². The van der Waals surface area contributed by atoms with E-state index in [9.17, 15) is 0 Å². The van der Waals surface area contributed by atoms with Crippen LogP contribution < -0.4 is 4.86 Å². The molecule has 0 spiro atoms. The SMILES string of the molecule is CC(C)P(NP(C(C)C)C(C)C)C(C)C. The summed E-state index contributed by atoms with van der Waals surface area (Å²) in [7, 11) is -0.00823. The molecular formula is C12H29NP2. The second kappa shape index (κ2) is 7.21. The van der Waals surface area contributed by atoms with Gasteiger partial charge in [0, 0.05) is 0 Å². The fourth-order valence-corrected chi connectivity index (χ4v) is 8.93. The van der Waals surface area contributed by atoms with Crippen molar-refractivity contribution in [1.29, 1.82) is 0 Å². The van der Waals surface area contributed by atoms with Crippen molar-refractivity contribution >= 4 is 16.1 Å². The Balaban J connectivity index is 4.48. The number of rotatable bonds is 6. The molecule has 92 valence electrons. The van der Waals surface area contributed by atoms with Crippen molar-refractivity contribution in [3.05, 3.63) is 0 Å². The van der Waals surface area contributed by atoms with Crippen LogP contribution in [0.5, 0.6) is 0 Å². The Morgan fingerprint density at radius 1 is 0.533 bits per heavy atom. The molecule has 0 aliphatic rings. The predicted molar refractivity (Wildman–Crippen MR) is 77.5 cm³/mol. The minimum absolute atomic E-state index is 0.00412. The first kappa shape index (κ1) is 15.8. The van der Waals surface area contributed by atoms with E-state index in [0.29, 0.717) is 0 Å². The monoisotopic (exact) mass is 249 g/mol. The van der Waals surface area contributed by atoms with Gasteiger partial charge in [-0.3, -0.25) is 4.86 Å². The zero-order valence-corrected chi connectivity index (χ0v) is 13.5. The first-order chi connectivity index (χ1) is 6.77. The summed E-state index contributed by atoms with van der Waals surface area (Å²) in [6.07, 6.45) is 0. The lowest BCUT2D eigenvalue weighted by Crippen LogP contribution is -2.21. The zero-order valence-electron chi connectivity index (χ0n) is 11.7. The van der Waals surface area contributed by atoms with Gasteiger partial charge in [-0.25, -0.2) is 0 Å². The van der Waals surface area contributed by atoms with E-state index in [1.165, 1.54) is 0 Å². The molecule has 0 saturated heterocycles. The molecule has 0 atom stereocenters. The van der Waals surface area contributed by atoms with E-state index in [1.807, 2.05) is 0 Å². The molecule has 0 saturated carbocycles. The molecule has 1 nitrogen and oxygen atoms in total. The first-order valence-corrected chi connectivity index (χ1v) is 9.06. The highest BCUT2D eigenvalue weighted by molar-refractivity contribution is 7.72. The molecule has 1 N–H and O–H groups in total. The maximum Gasteiger partial charge on any atom is -0.0130 e. The molecule has 0 aromatic heterocycles. The molecule has 0 fully saturated rings. The Kier molecular flexibility index (Phi) is 7.60. The number of hydrogen-bond acceptors (Lipinski definition) is 1. The van der Waals surface area contributed by atoms with Crippen LogP contribution in [0.1, 0.15) is 55.4 Å². The van der Waals surface area contributed by atoms with Crippen molar-refractivity contribution in [3.8, 4) is 0 Å². The lowest BCUT2D eigenvalue weighted by atomic mass is 10.5. The summed E-state index contributed by atoms with van der Waals surface area (Å²) in [6, 6.07) is 0. The van der Waals surface area contributed by atoms with Crippen LogP contribution in [0.2, 0.25) is 0 Å². The Morgan fingerprint density at radius 3 is 0.867 bits per heavy atom. The van der Waals surface area contributed by atoms with Crippen LogP contribution in [0.4, 0.5) is 0 Å². The van der Waals surface area contributed by atoms with Gasteiger partial charge in [0.15, 0.2) is 0 Å². The van der Waals surface area contributed by atoms with Crippen LogP contribution in [0.15, 0.2) is 0 Å². The van der Waals surface area contributed by atoms with Gasteiger partial charge in [-0.2, -0.15) is 0 Å². The van der Waals surface area contributed by atoms with Gasteiger partial charge < -0.3 is 0 Å². The number of nitrogens with one attached hydrogen (secondary N) is 1. The first-order valence-electron chi connectivity index (χ1n) is 6.10. The summed E-state index contributed by atoms with van der Waals surface area (Å²) < 4.78 is 0. The van der Waals surface area contributed by atoms with Gasteiger partial charge >= 0.3 is 0 Å². The molecule has 3 heteroatoms. The Hall–Kier alpha value is 0.820. The van der Waals surface area contributed by atoms with Crippen molar-refractivity contribution in [2.24, 2.45) is 0 Å². The average Bonchev–Trinajstić information content (AvgIpc) is 2.01. The van der Waals surface area contributed by atoms with E-state index in [4.69, 9.17) is 0 Å². The normalized spacial score (nSPS) is 13.2. The fraction of sp³-hybridized carbons (Fsp3) is 1.00. The molecule has 15 heavy (non-hydrogen) atoms. The molecule has 0 radical (unpaired) electrons. The molecule has 0 bridgehead atoms. The minimum atomic E-state index is -0.00412. The summed E-state index contributed by atoms with van der Waals surface area (Å²) in [6.45, 7) is 18.8. The minimum Gasteiger partial charge on any atom is -0.273 e. The van der Waals surface area contributed by atoms with Crippen molar-refractivity contribution in [2.75, 3.05) is 0 Å². The van der Waals surface area contributed by atoms with Crippen LogP contribution in [0.25, 0.3) is 0 Å². The van der Waals surface area contributed by atoms with Crippen molar-refractivity contribution in [2.45, 2.75) is 78.0 Å². The second-order valence-corrected chi connectivity index (χ2v) is 11.8. The summed E-state index contributed by atoms with van der Waals surface area (Å²) >= 11 is 0.